The van der Waals surface area contributed by atoms with Gasteiger partial charge in [-0.3, -0.25) is 4.79 Å². The van der Waals surface area contributed by atoms with Crippen molar-refractivity contribution in [2.75, 3.05) is 5.32 Å². The summed E-state index contributed by atoms with van der Waals surface area (Å²) in [5.74, 6) is -0.0312. The van der Waals surface area contributed by atoms with Crippen molar-refractivity contribution in [1.82, 2.24) is 0 Å². The van der Waals surface area contributed by atoms with E-state index >= 15 is 0 Å². The lowest BCUT2D eigenvalue weighted by molar-refractivity contribution is 0.103. The van der Waals surface area contributed by atoms with Crippen LogP contribution in [0.4, 0.5) is 5.69 Å². The number of hydrogen-bond donors (Lipinski definition) is 1. The highest BCUT2D eigenvalue weighted by molar-refractivity contribution is 7.14. The minimum Gasteiger partial charge on any atom is -0.321 e. The average Bonchev–Trinajstić information content (AvgIpc) is 2.76. The Kier molecular flexibility index (Phi) is 3.59. The molecule has 0 saturated heterocycles. The van der Waals surface area contributed by atoms with Gasteiger partial charge in [0.25, 0.3) is 5.91 Å². The van der Waals surface area contributed by atoms with E-state index in [9.17, 15) is 4.79 Å². The lowest BCUT2D eigenvalue weighted by Crippen LogP contribution is -2.10. The van der Waals surface area contributed by atoms with Crippen molar-refractivity contribution in [2.24, 2.45) is 0 Å². The van der Waals surface area contributed by atoms with Gasteiger partial charge >= 0.3 is 0 Å². The van der Waals surface area contributed by atoms with Crippen LogP contribution in [0, 0.1) is 6.92 Å². The zero-order valence-corrected chi connectivity index (χ0v) is 10.8. The summed E-state index contributed by atoms with van der Waals surface area (Å²) in [5, 5.41) is 2.92. The van der Waals surface area contributed by atoms with Crippen molar-refractivity contribution in [1.29, 1.82) is 0 Å². The molecule has 2 rings (SSSR count). The van der Waals surface area contributed by atoms with E-state index in [2.05, 4.69) is 18.3 Å². The summed E-state index contributed by atoms with van der Waals surface area (Å²) in [4.78, 5) is 13.8. The molecule has 2 nitrogen and oxygen atoms in total. The molecule has 0 spiro atoms. The molecule has 3 heteroatoms. The monoisotopic (exact) mass is 245 g/mol. The van der Waals surface area contributed by atoms with E-state index in [0.717, 1.165) is 21.9 Å². The Hall–Kier alpha value is -1.61. The molecule has 1 aromatic heterocycles. The van der Waals surface area contributed by atoms with Crippen LogP contribution in [0.1, 0.15) is 27.0 Å². The molecule has 0 radical (unpaired) electrons. The Morgan fingerprint density at radius 1 is 1.29 bits per heavy atom. The third-order valence-corrected chi connectivity index (χ3v) is 3.56. The van der Waals surface area contributed by atoms with Gasteiger partial charge in [0.1, 0.15) is 0 Å². The zero-order valence-electron chi connectivity index (χ0n) is 9.99. The highest BCUT2D eigenvalue weighted by atomic mass is 32.1. The second-order valence-corrected chi connectivity index (χ2v) is 5.21. The molecule has 0 saturated carbocycles. The van der Waals surface area contributed by atoms with Gasteiger partial charge in [-0.15, -0.1) is 11.3 Å². The topological polar surface area (TPSA) is 29.1 Å². The molecule has 88 valence electrons. The largest absolute Gasteiger partial charge is 0.321 e. The summed E-state index contributed by atoms with van der Waals surface area (Å²) < 4.78 is 0. The summed E-state index contributed by atoms with van der Waals surface area (Å²) in [7, 11) is 0. The molecule has 17 heavy (non-hydrogen) atoms. The van der Waals surface area contributed by atoms with Crippen LogP contribution in [-0.4, -0.2) is 5.91 Å². The standard InChI is InChI=1S/C14H15NOS/c1-3-11-5-4-6-12(9-11)15-14(16)13-8-7-10(2)17-13/h4-9H,3H2,1-2H3,(H,15,16). The van der Waals surface area contributed by atoms with Crippen LogP contribution in [-0.2, 0) is 6.42 Å². The lowest BCUT2D eigenvalue weighted by atomic mass is 10.1. The van der Waals surface area contributed by atoms with Crippen LogP contribution in [0.25, 0.3) is 0 Å². The van der Waals surface area contributed by atoms with Gasteiger partial charge in [0.05, 0.1) is 4.88 Å². The molecule has 0 aliphatic rings. The van der Waals surface area contributed by atoms with Gasteiger partial charge in [0, 0.05) is 10.6 Å². The van der Waals surface area contributed by atoms with Crippen LogP contribution >= 0.6 is 11.3 Å². The van der Waals surface area contributed by atoms with E-state index in [4.69, 9.17) is 0 Å². The summed E-state index contributed by atoms with van der Waals surface area (Å²) in [5.41, 5.74) is 2.09. The lowest BCUT2D eigenvalue weighted by Gasteiger charge is -2.05. The van der Waals surface area contributed by atoms with Crippen molar-refractivity contribution in [3.63, 3.8) is 0 Å². The van der Waals surface area contributed by atoms with Gasteiger partial charge < -0.3 is 5.32 Å². The van der Waals surface area contributed by atoms with E-state index < -0.39 is 0 Å². The van der Waals surface area contributed by atoms with Crippen LogP contribution in [0.15, 0.2) is 36.4 Å². The summed E-state index contributed by atoms with van der Waals surface area (Å²) in [6.45, 7) is 4.10. The number of carbonyl (C=O) groups is 1. The number of nitrogens with one attached hydrogen (secondary N) is 1. The fourth-order valence-electron chi connectivity index (χ4n) is 1.62. The maximum atomic E-state index is 11.9. The first kappa shape index (κ1) is 11.9. The van der Waals surface area contributed by atoms with Crippen molar-refractivity contribution >= 4 is 22.9 Å². The van der Waals surface area contributed by atoms with E-state index in [1.54, 1.807) is 0 Å². The summed E-state index contributed by atoms with van der Waals surface area (Å²) in [6.07, 6.45) is 0.974. The average molecular weight is 245 g/mol. The summed E-state index contributed by atoms with van der Waals surface area (Å²) in [6, 6.07) is 11.8. The SMILES string of the molecule is CCc1cccc(NC(=O)c2ccc(C)s2)c1. The Morgan fingerprint density at radius 3 is 2.76 bits per heavy atom. The zero-order chi connectivity index (χ0) is 12.3. The predicted octanol–water partition coefficient (Wildman–Crippen LogP) is 3.87. The van der Waals surface area contributed by atoms with Crippen LogP contribution < -0.4 is 5.32 Å². The van der Waals surface area contributed by atoms with Gasteiger partial charge in [-0.1, -0.05) is 19.1 Å². The molecular formula is C14H15NOS. The molecule has 1 heterocycles. The maximum absolute atomic E-state index is 11.9. The molecule has 0 unspecified atom stereocenters. The molecular weight excluding hydrogens is 230 g/mol. The minimum atomic E-state index is -0.0312. The van der Waals surface area contributed by atoms with E-state index in [1.807, 2.05) is 37.3 Å². The number of amides is 1. The Labute approximate surface area is 105 Å². The highest BCUT2D eigenvalue weighted by Gasteiger charge is 2.08. The molecule has 0 aliphatic carbocycles. The second kappa shape index (κ2) is 5.15. The molecule has 0 atom stereocenters. The molecule has 0 aliphatic heterocycles. The van der Waals surface area contributed by atoms with Crippen molar-refractivity contribution in [2.45, 2.75) is 20.3 Å². The number of anilines is 1. The van der Waals surface area contributed by atoms with Gasteiger partial charge in [0.2, 0.25) is 0 Å². The summed E-state index contributed by atoms with van der Waals surface area (Å²) >= 11 is 1.51. The fraction of sp³-hybridized carbons (Fsp3) is 0.214. The Balaban J connectivity index is 2.12. The first-order valence-electron chi connectivity index (χ1n) is 5.66. The third kappa shape index (κ3) is 2.94. The van der Waals surface area contributed by atoms with Crippen molar-refractivity contribution in [3.05, 3.63) is 51.7 Å². The molecule has 1 amide bonds. The normalized spacial score (nSPS) is 10.2. The first-order valence-corrected chi connectivity index (χ1v) is 6.47. The second-order valence-electron chi connectivity index (χ2n) is 3.92. The number of carbonyl (C=O) groups excluding carboxylic acids is 1. The van der Waals surface area contributed by atoms with Crippen LogP contribution in [0.3, 0.4) is 0 Å². The first-order chi connectivity index (χ1) is 8.19. The highest BCUT2D eigenvalue weighted by Crippen LogP contribution is 2.18. The van der Waals surface area contributed by atoms with E-state index in [0.29, 0.717) is 0 Å². The molecule has 1 aromatic carbocycles. The molecule has 1 N–H and O–H groups in total. The van der Waals surface area contributed by atoms with Crippen molar-refractivity contribution in [3.8, 4) is 0 Å². The number of rotatable bonds is 3. The number of benzene rings is 1. The quantitative estimate of drug-likeness (QED) is 0.873. The molecule has 0 fully saturated rings. The fourth-order valence-corrected chi connectivity index (χ4v) is 2.38. The van der Waals surface area contributed by atoms with Gasteiger partial charge in [-0.05, 0) is 43.2 Å². The maximum Gasteiger partial charge on any atom is 0.265 e. The van der Waals surface area contributed by atoms with Gasteiger partial charge in [0.15, 0.2) is 0 Å². The number of aryl methyl sites for hydroxylation is 2. The van der Waals surface area contributed by atoms with Gasteiger partial charge in [-0.25, -0.2) is 0 Å². The van der Waals surface area contributed by atoms with Gasteiger partial charge in [-0.2, -0.15) is 0 Å². The molecule has 2 aromatic rings. The third-order valence-electron chi connectivity index (χ3n) is 2.56. The predicted molar refractivity (Wildman–Crippen MR) is 72.8 cm³/mol. The van der Waals surface area contributed by atoms with E-state index in [-0.39, 0.29) is 5.91 Å². The smallest absolute Gasteiger partial charge is 0.265 e. The number of hydrogen-bond acceptors (Lipinski definition) is 2. The van der Waals surface area contributed by atoms with Crippen molar-refractivity contribution < 1.29 is 4.79 Å². The number of thiophene rings is 1. The van der Waals surface area contributed by atoms with E-state index in [1.165, 1.54) is 16.9 Å². The van der Waals surface area contributed by atoms with Crippen LogP contribution in [0.2, 0.25) is 0 Å². The Bertz CT molecular complexity index is 531. The van der Waals surface area contributed by atoms with Crippen LogP contribution in [0.5, 0.6) is 0 Å². The Morgan fingerprint density at radius 2 is 2.12 bits per heavy atom. The minimum absolute atomic E-state index is 0.0312. The molecule has 0 bridgehead atoms.